The zero-order valence-corrected chi connectivity index (χ0v) is 23.6. The molecule has 0 atom stereocenters. The number of nitrogens with one attached hydrogen (secondary N) is 1. The summed E-state index contributed by atoms with van der Waals surface area (Å²) >= 11 is 0. The van der Waals surface area contributed by atoms with Gasteiger partial charge in [-0.25, -0.2) is 13.9 Å². The molecular formula is C27H38FN3O7S. The Hall–Kier alpha value is -2.44. The molecule has 39 heavy (non-hydrogen) atoms. The molecule has 1 N–H and O–H groups in total. The summed E-state index contributed by atoms with van der Waals surface area (Å²) in [6, 6.07) is 2.66. The van der Waals surface area contributed by atoms with E-state index in [0.29, 0.717) is 44.2 Å². The summed E-state index contributed by atoms with van der Waals surface area (Å²) in [5.74, 6) is -0.634. The van der Waals surface area contributed by atoms with E-state index in [1.807, 2.05) is 25.5 Å². The molecule has 2 aliphatic heterocycles. The first kappa shape index (κ1) is 28.1. The van der Waals surface area contributed by atoms with Crippen molar-refractivity contribution in [2.24, 2.45) is 5.92 Å². The molecule has 4 fully saturated rings. The van der Waals surface area contributed by atoms with Crippen LogP contribution in [0.5, 0.6) is 5.75 Å². The number of piperidine rings is 1. The van der Waals surface area contributed by atoms with Crippen LogP contribution < -0.4 is 9.46 Å². The second-order valence-corrected chi connectivity index (χ2v) is 13.7. The van der Waals surface area contributed by atoms with Crippen LogP contribution in [-0.2, 0) is 19.7 Å². The van der Waals surface area contributed by atoms with Gasteiger partial charge in [-0.05, 0) is 82.8 Å². The van der Waals surface area contributed by atoms with Gasteiger partial charge in [-0.15, -0.1) is 0 Å². The van der Waals surface area contributed by atoms with E-state index in [1.165, 1.54) is 16.4 Å². The van der Waals surface area contributed by atoms with E-state index < -0.39 is 27.5 Å². The number of hydrogen-bond donors (Lipinski definition) is 1. The molecule has 2 amide bonds. The number of likely N-dealkylation sites (tertiary alicyclic amines) is 1. The highest BCUT2D eigenvalue weighted by molar-refractivity contribution is 7.87. The zero-order valence-electron chi connectivity index (χ0n) is 22.8. The minimum absolute atomic E-state index is 0.120. The molecule has 216 valence electrons. The van der Waals surface area contributed by atoms with Crippen molar-refractivity contribution in [3.63, 3.8) is 0 Å². The molecule has 2 saturated carbocycles. The first-order valence-corrected chi connectivity index (χ1v) is 15.2. The van der Waals surface area contributed by atoms with Crippen LogP contribution in [0.25, 0.3) is 0 Å². The van der Waals surface area contributed by atoms with Gasteiger partial charge in [-0.1, -0.05) is 0 Å². The van der Waals surface area contributed by atoms with E-state index in [4.69, 9.17) is 14.2 Å². The average Bonchev–Trinajstić information content (AvgIpc) is 3.72. The van der Waals surface area contributed by atoms with Gasteiger partial charge in [-0.2, -0.15) is 12.7 Å². The monoisotopic (exact) mass is 567 g/mol. The Morgan fingerprint density at radius 2 is 1.69 bits per heavy atom. The van der Waals surface area contributed by atoms with Crippen molar-refractivity contribution in [2.45, 2.75) is 83.0 Å². The molecule has 12 heteroatoms. The maximum atomic E-state index is 14.9. The normalized spacial score (nSPS) is 21.4. The third-order valence-corrected chi connectivity index (χ3v) is 8.87. The van der Waals surface area contributed by atoms with Crippen LogP contribution in [0.4, 0.5) is 9.18 Å². The lowest BCUT2D eigenvalue weighted by atomic mass is 10.0. The minimum Gasteiger partial charge on any atom is -0.493 e. The highest BCUT2D eigenvalue weighted by atomic mass is 32.2. The highest BCUT2D eigenvalue weighted by Crippen LogP contribution is 2.45. The molecule has 2 saturated heterocycles. The Labute approximate surface area is 229 Å². The Kier molecular flexibility index (Phi) is 7.82. The molecule has 1 aromatic rings. The molecule has 5 rings (SSSR count). The van der Waals surface area contributed by atoms with Crippen LogP contribution in [0, 0.1) is 11.7 Å². The van der Waals surface area contributed by atoms with E-state index in [9.17, 15) is 22.4 Å². The first-order chi connectivity index (χ1) is 18.4. The number of nitrogens with zero attached hydrogens (tertiary/aromatic N) is 2. The molecule has 0 radical (unpaired) electrons. The fourth-order valence-corrected chi connectivity index (χ4v) is 5.96. The van der Waals surface area contributed by atoms with Crippen molar-refractivity contribution in [2.75, 3.05) is 32.8 Å². The van der Waals surface area contributed by atoms with Crippen LogP contribution in [0.3, 0.4) is 0 Å². The number of carbonyl (C=O) groups is 2. The summed E-state index contributed by atoms with van der Waals surface area (Å²) in [6.07, 6.45) is 4.33. The zero-order chi connectivity index (χ0) is 27.9. The molecule has 0 bridgehead atoms. The molecule has 2 heterocycles. The summed E-state index contributed by atoms with van der Waals surface area (Å²) < 4.78 is 61.2. The van der Waals surface area contributed by atoms with Crippen LogP contribution in [-0.4, -0.2) is 80.2 Å². The quantitative estimate of drug-likeness (QED) is 0.485. The number of rotatable bonds is 9. The van der Waals surface area contributed by atoms with Crippen LogP contribution in [0.1, 0.15) is 81.1 Å². The fourth-order valence-electron chi connectivity index (χ4n) is 4.79. The predicted molar refractivity (Wildman–Crippen MR) is 140 cm³/mol. The molecule has 0 spiro atoms. The van der Waals surface area contributed by atoms with Crippen molar-refractivity contribution >= 4 is 22.2 Å². The van der Waals surface area contributed by atoms with Gasteiger partial charge in [0.2, 0.25) is 0 Å². The molecule has 4 aliphatic rings. The summed E-state index contributed by atoms with van der Waals surface area (Å²) in [5, 5.41) is 0. The van der Waals surface area contributed by atoms with E-state index in [-0.39, 0.29) is 42.9 Å². The van der Waals surface area contributed by atoms with E-state index in [0.717, 1.165) is 31.2 Å². The Morgan fingerprint density at radius 1 is 1.03 bits per heavy atom. The molecule has 0 unspecified atom stereocenters. The number of halogens is 1. The van der Waals surface area contributed by atoms with Gasteiger partial charge in [0.15, 0.2) is 0 Å². The molecule has 10 nitrogen and oxygen atoms in total. The largest absolute Gasteiger partial charge is 0.493 e. The van der Waals surface area contributed by atoms with E-state index in [1.54, 1.807) is 4.90 Å². The summed E-state index contributed by atoms with van der Waals surface area (Å²) in [5.41, 5.74) is -0.0918. The van der Waals surface area contributed by atoms with Gasteiger partial charge in [0.05, 0.1) is 37.5 Å². The molecule has 0 aromatic heterocycles. The van der Waals surface area contributed by atoms with Gasteiger partial charge >= 0.3 is 16.3 Å². The SMILES string of the molecule is CC(C)(C)OC(=O)N1CC(OC2CCN(S(=O)(=O)NC(=O)c3cc(C4CC4)c(OCC4CC4)cc3F)CC2)C1. The molecular weight excluding hydrogens is 529 g/mol. The van der Waals surface area contributed by atoms with Gasteiger partial charge in [0.25, 0.3) is 5.91 Å². The number of hydrogen-bond acceptors (Lipinski definition) is 7. The number of amides is 2. The third kappa shape index (κ3) is 7.20. The van der Waals surface area contributed by atoms with Crippen molar-refractivity contribution in [3.8, 4) is 5.75 Å². The third-order valence-electron chi connectivity index (χ3n) is 7.38. The maximum Gasteiger partial charge on any atom is 0.410 e. The van der Waals surface area contributed by atoms with E-state index in [2.05, 4.69) is 0 Å². The lowest BCUT2D eigenvalue weighted by Crippen LogP contribution is -2.57. The molecule has 1 aromatic carbocycles. The first-order valence-electron chi connectivity index (χ1n) is 13.8. The summed E-state index contributed by atoms with van der Waals surface area (Å²) in [6.45, 7) is 7.16. The van der Waals surface area contributed by atoms with Crippen molar-refractivity contribution in [1.29, 1.82) is 0 Å². The van der Waals surface area contributed by atoms with Crippen molar-refractivity contribution in [1.82, 2.24) is 13.9 Å². The van der Waals surface area contributed by atoms with Gasteiger partial charge in [-0.3, -0.25) is 4.79 Å². The number of benzene rings is 1. The Balaban J connectivity index is 1.11. The Morgan fingerprint density at radius 3 is 2.28 bits per heavy atom. The topological polar surface area (TPSA) is 114 Å². The van der Waals surface area contributed by atoms with Crippen molar-refractivity contribution < 1.29 is 36.6 Å². The Bertz CT molecular complexity index is 1200. The maximum absolute atomic E-state index is 14.9. The van der Waals surface area contributed by atoms with Gasteiger partial charge in [0.1, 0.15) is 17.2 Å². The van der Waals surface area contributed by atoms with Crippen LogP contribution in [0.2, 0.25) is 0 Å². The summed E-state index contributed by atoms with van der Waals surface area (Å²) in [4.78, 5) is 26.5. The number of carbonyl (C=O) groups excluding carboxylic acids is 2. The average molecular weight is 568 g/mol. The minimum atomic E-state index is -4.16. The lowest BCUT2D eigenvalue weighted by Gasteiger charge is -2.42. The predicted octanol–water partition coefficient (Wildman–Crippen LogP) is 3.57. The highest BCUT2D eigenvalue weighted by Gasteiger charge is 2.38. The van der Waals surface area contributed by atoms with Gasteiger partial charge < -0.3 is 19.1 Å². The van der Waals surface area contributed by atoms with E-state index >= 15 is 0 Å². The standard InChI is InChI=1S/C27H38FN3O7S/c1-27(2,3)38-26(33)30-14-20(15-30)37-19-8-10-31(11-9-19)39(34,35)29-25(32)22-12-21(18-6-7-18)24(13-23(22)28)36-16-17-4-5-17/h12-13,17-20H,4-11,14-16H2,1-3H3,(H,29,32). The van der Waals surface area contributed by atoms with Crippen LogP contribution >= 0.6 is 0 Å². The second kappa shape index (κ2) is 10.9. The second-order valence-electron chi connectivity index (χ2n) is 12.1. The van der Waals surface area contributed by atoms with Crippen LogP contribution in [0.15, 0.2) is 12.1 Å². The van der Waals surface area contributed by atoms with Crippen molar-refractivity contribution in [3.05, 3.63) is 29.1 Å². The molecule has 2 aliphatic carbocycles. The lowest BCUT2D eigenvalue weighted by molar-refractivity contribution is -0.103. The summed E-state index contributed by atoms with van der Waals surface area (Å²) in [7, 11) is -4.16. The fraction of sp³-hybridized carbons (Fsp3) is 0.704. The smallest absolute Gasteiger partial charge is 0.410 e. The number of ether oxygens (including phenoxy) is 3. The van der Waals surface area contributed by atoms with Gasteiger partial charge in [0, 0.05) is 19.2 Å².